The van der Waals surface area contributed by atoms with Gasteiger partial charge in [0.1, 0.15) is 35.1 Å². The van der Waals surface area contributed by atoms with E-state index in [0.29, 0.717) is 23.6 Å². The number of carbonyl (C=O) groups is 4. The van der Waals surface area contributed by atoms with E-state index in [4.69, 9.17) is 15.8 Å². The molecule has 3 amide bonds. The summed E-state index contributed by atoms with van der Waals surface area (Å²) in [6.07, 6.45) is 8.66. The highest BCUT2D eigenvalue weighted by atomic mass is 32.2. The zero-order chi connectivity index (χ0) is 33.0. The minimum atomic E-state index is -1.25. The number of thioether (sulfide) groups is 1. The fraction of sp³-hybridized carbons (Fsp3) is 0.250. The van der Waals surface area contributed by atoms with Crippen LogP contribution in [0.3, 0.4) is 0 Å². The molecule has 236 valence electrons. The zero-order valence-electron chi connectivity index (χ0n) is 24.4. The van der Waals surface area contributed by atoms with E-state index < -0.39 is 35.1 Å². The fourth-order valence-electron chi connectivity index (χ4n) is 4.71. The summed E-state index contributed by atoms with van der Waals surface area (Å²) in [5, 5.41) is 32.7. The van der Waals surface area contributed by atoms with Gasteiger partial charge in [-0.05, 0) is 24.6 Å². The number of amides is 3. The Bertz CT molecular complexity index is 1840. The molecule has 2 aliphatic rings. The van der Waals surface area contributed by atoms with Crippen molar-refractivity contribution in [2.24, 2.45) is 12.2 Å². The number of fused-ring (bicyclic) bond motifs is 1. The Labute approximate surface area is 269 Å². The molecule has 1 saturated heterocycles. The minimum Gasteiger partial charge on any atom is -0.477 e. The number of nitriles is 1. The molecular formula is C28H27N10O6S2+. The van der Waals surface area contributed by atoms with E-state index in [2.05, 4.69) is 25.9 Å². The van der Waals surface area contributed by atoms with Gasteiger partial charge >= 0.3 is 5.97 Å². The highest BCUT2D eigenvalue weighted by Crippen LogP contribution is 2.40. The number of rotatable bonds is 11. The predicted molar refractivity (Wildman–Crippen MR) is 165 cm³/mol. The summed E-state index contributed by atoms with van der Waals surface area (Å²) >= 11 is 2.45. The van der Waals surface area contributed by atoms with Gasteiger partial charge in [0, 0.05) is 35.9 Å². The third kappa shape index (κ3) is 6.45. The number of nitrogens with zero attached hydrogens (tertiary/aromatic N) is 7. The number of aromatic nitrogens is 4. The van der Waals surface area contributed by atoms with Gasteiger partial charge in [0.2, 0.25) is 0 Å². The number of β-lactam (4-membered cyclic amide) rings is 1. The normalized spacial score (nSPS) is 17.7. The molecule has 5 rings (SSSR count). The highest BCUT2D eigenvalue weighted by molar-refractivity contribution is 8.00. The van der Waals surface area contributed by atoms with Gasteiger partial charge in [0.05, 0.1) is 5.69 Å². The minimum absolute atomic E-state index is 0.141. The Morgan fingerprint density at radius 2 is 2.11 bits per heavy atom. The third-order valence-electron chi connectivity index (χ3n) is 6.86. The van der Waals surface area contributed by atoms with Crippen molar-refractivity contribution >= 4 is 57.6 Å². The monoisotopic (exact) mass is 663 g/mol. The van der Waals surface area contributed by atoms with Crippen molar-refractivity contribution in [3.8, 4) is 17.5 Å². The smallest absolute Gasteiger partial charge is 0.352 e. The van der Waals surface area contributed by atoms with Crippen LogP contribution in [0.4, 0.5) is 5.13 Å². The first-order valence-corrected chi connectivity index (χ1v) is 15.6. The van der Waals surface area contributed by atoms with E-state index in [0.717, 1.165) is 16.9 Å². The molecule has 1 fully saturated rings. The summed E-state index contributed by atoms with van der Waals surface area (Å²) in [5.41, 5.74) is 7.61. The lowest BCUT2D eigenvalue weighted by Crippen LogP contribution is -2.71. The second-order valence-electron chi connectivity index (χ2n) is 9.76. The lowest BCUT2D eigenvalue weighted by Gasteiger charge is -2.49. The molecule has 5 heterocycles. The van der Waals surface area contributed by atoms with Gasteiger partial charge in [-0.3, -0.25) is 29.3 Å². The average Bonchev–Trinajstić information content (AvgIpc) is 3.65. The molecule has 2 atom stereocenters. The van der Waals surface area contributed by atoms with Crippen molar-refractivity contribution in [3.63, 3.8) is 0 Å². The Morgan fingerprint density at radius 3 is 2.76 bits per heavy atom. The van der Waals surface area contributed by atoms with E-state index in [-0.39, 0.29) is 34.5 Å². The Kier molecular flexibility index (Phi) is 9.44. The van der Waals surface area contributed by atoms with Gasteiger partial charge in [-0.25, -0.2) is 14.3 Å². The molecule has 0 radical (unpaired) electrons. The number of nitrogens with two attached hydrogens (primary N) is 1. The number of carbonyl (C=O) groups excluding carboxylic acids is 3. The van der Waals surface area contributed by atoms with Gasteiger partial charge in [0.25, 0.3) is 17.7 Å². The number of oxime groups is 1. The quantitative estimate of drug-likeness (QED) is 0.0548. The zero-order valence-corrected chi connectivity index (χ0v) is 26.0. The number of thiazole rings is 1. The molecule has 3 aromatic rings. The average molecular weight is 664 g/mol. The van der Waals surface area contributed by atoms with Crippen LogP contribution in [0.5, 0.6) is 0 Å². The maximum Gasteiger partial charge on any atom is 0.352 e. The third-order valence-corrected chi connectivity index (χ3v) is 8.83. The first kappa shape index (κ1) is 31.9. The Balaban J connectivity index is 1.25. The molecule has 0 aliphatic carbocycles. The van der Waals surface area contributed by atoms with Crippen LogP contribution in [0.15, 0.2) is 64.6 Å². The van der Waals surface area contributed by atoms with Crippen molar-refractivity contribution < 1.29 is 33.7 Å². The number of aryl methyl sites for hydroxylation is 1. The lowest BCUT2D eigenvalue weighted by atomic mass is 10.0. The number of nitrogen functional groups attached to an aromatic ring is 1. The van der Waals surface area contributed by atoms with Gasteiger partial charge in [-0.15, -0.1) is 23.1 Å². The number of hydrogen-bond donors (Lipinski definition) is 4. The van der Waals surface area contributed by atoms with Crippen LogP contribution >= 0.6 is 23.1 Å². The van der Waals surface area contributed by atoms with Crippen molar-refractivity contribution in [2.45, 2.75) is 24.9 Å². The second kappa shape index (κ2) is 13.6. The first-order valence-electron chi connectivity index (χ1n) is 13.7. The van der Waals surface area contributed by atoms with Crippen LogP contribution in [-0.4, -0.2) is 77.9 Å². The predicted octanol–water partition coefficient (Wildman–Crippen LogP) is 0.360. The molecule has 2 aliphatic heterocycles. The molecule has 16 nitrogen and oxygen atoms in total. The number of anilines is 1. The van der Waals surface area contributed by atoms with Crippen LogP contribution in [0, 0.1) is 11.5 Å². The summed E-state index contributed by atoms with van der Waals surface area (Å²) in [6.45, 7) is 2.30. The number of carboxylic acid groups (broad SMARTS) is 1. The van der Waals surface area contributed by atoms with Crippen LogP contribution in [0.25, 0.3) is 11.3 Å². The Morgan fingerprint density at radius 1 is 1.35 bits per heavy atom. The van der Waals surface area contributed by atoms with Crippen molar-refractivity contribution in [3.05, 3.63) is 70.8 Å². The van der Waals surface area contributed by atoms with Crippen LogP contribution < -0.4 is 20.9 Å². The van der Waals surface area contributed by atoms with Gasteiger partial charge in [-0.2, -0.15) is 10.4 Å². The van der Waals surface area contributed by atoms with Crippen LogP contribution in [0.2, 0.25) is 0 Å². The molecule has 0 unspecified atom stereocenters. The summed E-state index contributed by atoms with van der Waals surface area (Å²) in [7, 11) is 1.61. The number of allylic oxidation sites excluding steroid dienone is 2. The number of carboxylic acids is 1. The molecule has 5 N–H and O–H groups in total. The van der Waals surface area contributed by atoms with E-state index >= 15 is 0 Å². The first-order chi connectivity index (χ1) is 22.1. The SMILES string of the molecule is CCO/N=C(\C(=O)N[C@@H]1C(=O)N2C(C(=O)O)=C(/C=C/C[n+]3ccc(-c4cc(C(=O)NC#N)n(C)n4)cc3)CS[C@H]12)c1csc(N)n1. The maximum atomic E-state index is 13.1. The largest absolute Gasteiger partial charge is 0.477 e. The van der Waals surface area contributed by atoms with Gasteiger partial charge in [0.15, 0.2) is 36.0 Å². The molecule has 0 spiro atoms. The molecule has 3 aromatic heterocycles. The summed E-state index contributed by atoms with van der Waals surface area (Å²) in [6, 6.07) is 4.24. The number of nitrogens with one attached hydrogen (secondary N) is 2. The molecule has 0 bridgehead atoms. The number of hydrogen-bond acceptors (Lipinski definition) is 12. The second-order valence-corrected chi connectivity index (χ2v) is 11.8. The Hall–Kier alpha value is -5.54. The molecule has 0 aromatic carbocycles. The number of pyridine rings is 1. The van der Waals surface area contributed by atoms with Crippen molar-refractivity contribution in [2.75, 3.05) is 18.1 Å². The summed E-state index contributed by atoms with van der Waals surface area (Å²) < 4.78 is 3.24. The van der Waals surface area contributed by atoms with Crippen LogP contribution in [-0.2, 0) is 32.8 Å². The molecule has 46 heavy (non-hydrogen) atoms. The van der Waals surface area contributed by atoms with Gasteiger partial charge in [-0.1, -0.05) is 11.2 Å². The van der Waals surface area contributed by atoms with Gasteiger partial charge < -0.3 is 21.0 Å². The van der Waals surface area contributed by atoms with Crippen LogP contribution in [0.1, 0.15) is 23.1 Å². The summed E-state index contributed by atoms with van der Waals surface area (Å²) in [5.74, 6) is -2.77. The van der Waals surface area contributed by atoms with E-state index in [9.17, 15) is 24.3 Å². The standard InChI is InChI=1S/C28H26N10O6S2/c1-3-44-35-20(18-13-46-28(30)32-18)24(40)33-21-25(41)38-22(27(42)43)16(12-45-26(21)38)5-4-8-37-9-6-15(7-10-37)17-11-19(36(2)34-17)23(39)31-14-29/h4-7,9-11,13,21,26H,3,8,12H2,1-2H3,(H4-,30,31,32,33,39,40,42,43)/p+1/b5-4+,35-20-/t21-,26-/m1/s1. The molecule has 0 saturated carbocycles. The highest BCUT2D eigenvalue weighted by Gasteiger charge is 2.54. The summed E-state index contributed by atoms with van der Waals surface area (Å²) in [4.78, 5) is 60.8. The topological polar surface area (TPSA) is 222 Å². The maximum absolute atomic E-state index is 13.1. The fourth-order valence-corrected chi connectivity index (χ4v) is 6.58. The number of aliphatic carboxylic acids is 1. The van der Waals surface area contributed by atoms with E-state index in [1.165, 1.54) is 21.3 Å². The van der Waals surface area contributed by atoms with Crippen molar-refractivity contribution in [1.29, 1.82) is 5.26 Å². The van der Waals surface area contributed by atoms with E-state index in [1.807, 2.05) is 16.7 Å². The lowest BCUT2D eigenvalue weighted by molar-refractivity contribution is -0.686. The van der Waals surface area contributed by atoms with E-state index in [1.54, 1.807) is 56.2 Å². The molecule has 18 heteroatoms. The van der Waals surface area contributed by atoms with Crippen molar-refractivity contribution in [1.82, 2.24) is 30.3 Å². The molecular weight excluding hydrogens is 637 g/mol.